The largest absolute Gasteiger partial charge is 0.300 e. The zero-order valence-electron chi connectivity index (χ0n) is 19.8. The maximum absolute atomic E-state index is 5.05. The second-order valence-corrected chi connectivity index (χ2v) is 10.2. The van der Waals surface area contributed by atoms with Crippen molar-refractivity contribution in [2.45, 2.75) is 43.3 Å². The number of thioether (sulfide) groups is 1. The van der Waals surface area contributed by atoms with E-state index in [2.05, 4.69) is 98.5 Å². The lowest BCUT2D eigenvalue weighted by Gasteiger charge is -2.26. The molecular formula is C29H29N5S. The molecule has 0 bridgehead atoms. The summed E-state index contributed by atoms with van der Waals surface area (Å²) in [5.41, 5.74) is 3.40. The Morgan fingerprint density at radius 2 is 1.40 bits per heavy atom. The highest BCUT2D eigenvalue weighted by Crippen LogP contribution is 2.31. The van der Waals surface area contributed by atoms with Crippen LogP contribution >= 0.6 is 11.8 Å². The molecule has 0 spiro atoms. The van der Waals surface area contributed by atoms with Crippen LogP contribution in [0.25, 0.3) is 21.7 Å². The highest BCUT2D eigenvalue weighted by molar-refractivity contribution is 7.98. The number of rotatable bonds is 7. The summed E-state index contributed by atoms with van der Waals surface area (Å²) >= 11 is 1.73. The fourth-order valence-electron chi connectivity index (χ4n) is 5.00. The van der Waals surface area contributed by atoms with Crippen molar-refractivity contribution in [3.8, 4) is 0 Å². The van der Waals surface area contributed by atoms with Crippen LogP contribution in [0.1, 0.15) is 36.3 Å². The fourth-order valence-corrected chi connectivity index (χ4v) is 5.91. The van der Waals surface area contributed by atoms with Crippen LogP contribution in [-0.4, -0.2) is 37.7 Å². The van der Waals surface area contributed by atoms with Gasteiger partial charge in [-0.05, 0) is 42.9 Å². The van der Waals surface area contributed by atoms with Crippen molar-refractivity contribution in [2.24, 2.45) is 0 Å². The minimum Gasteiger partial charge on any atom is -0.300 e. The molecule has 5 nitrogen and oxygen atoms in total. The third-order valence-electron chi connectivity index (χ3n) is 6.82. The molecule has 0 atom stereocenters. The van der Waals surface area contributed by atoms with Crippen LogP contribution in [0.5, 0.6) is 0 Å². The number of pyridine rings is 1. The number of likely N-dealkylation sites (tertiary alicyclic amines) is 1. The summed E-state index contributed by atoms with van der Waals surface area (Å²) in [4.78, 5) is 7.56. The summed E-state index contributed by atoms with van der Waals surface area (Å²) in [6, 6.07) is 27.6. The van der Waals surface area contributed by atoms with Crippen molar-refractivity contribution < 1.29 is 0 Å². The smallest absolute Gasteiger partial charge is 0.191 e. The average molecular weight is 480 g/mol. The van der Waals surface area contributed by atoms with Crippen molar-refractivity contribution in [1.82, 2.24) is 24.6 Å². The van der Waals surface area contributed by atoms with Crippen LogP contribution in [-0.2, 0) is 18.8 Å². The van der Waals surface area contributed by atoms with E-state index >= 15 is 0 Å². The van der Waals surface area contributed by atoms with Crippen molar-refractivity contribution in [3.05, 3.63) is 95.9 Å². The van der Waals surface area contributed by atoms with E-state index < -0.39 is 0 Å². The maximum Gasteiger partial charge on any atom is 0.191 e. The Kier molecular flexibility index (Phi) is 6.47. The topological polar surface area (TPSA) is 46.8 Å². The van der Waals surface area contributed by atoms with Crippen LogP contribution in [0.3, 0.4) is 0 Å². The highest BCUT2D eigenvalue weighted by atomic mass is 32.2. The maximum atomic E-state index is 5.05. The Morgan fingerprint density at radius 3 is 2.23 bits per heavy atom. The molecule has 1 aliphatic rings. The van der Waals surface area contributed by atoms with E-state index in [-0.39, 0.29) is 0 Å². The number of aromatic nitrogens is 4. The molecule has 1 saturated heterocycles. The standard InChI is InChI=1S/C29H29N5S/c1-3-11-22(12-4-1)19-34-28(20-33-17-9-2-10-18-33)31-32-29(34)35-21-27-25-15-6-5-13-23(25)24-14-7-8-16-26(24)30-27/h1,3-8,11-16H,2,9-10,17-21H2. The Hall–Kier alpha value is -3.22. The first-order valence-corrected chi connectivity index (χ1v) is 13.4. The predicted molar refractivity (Wildman–Crippen MR) is 144 cm³/mol. The van der Waals surface area contributed by atoms with Gasteiger partial charge in [0.15, 0.2) is 5.16 Å². The number of para-hydroxylation sites is 1. The summed E-state index contributed by atoms with van der Waals surface area (Å²) in [5, 5.41) is 13.9. The third-order valence-corrected chi connectivity index (χ3v) is 7.79. The van der Waals surface area contributed by atoms with Crippen LogP contribution in [0.2, 0.25) is 0 Å². The van der Waals surface area contributed by atoms with Gasteiger partial charge < -0.3 is 4.57 Å². The van der Waals surface area contributed by atoms with Crippen LogP contribution in [0.4, 0.5) is 0 Å². The molecular weight excluding hydrogens is 450 g/mol. The molecule has 5 aromatic rings. The van der Waals surface area contributed by atoms with Crippen LogP contribution < -0.4 is 0 Å². The van der Waals surface area contributed by atoms with E-state index in [0.717, 1.165) is 54.1 Å². The molecule has 6 heteroatoms. The molecule has 3 aromatic carbocycles. The summed E-state index contributed by atoms with van der Waals surface area (Å²) in [5.74, 6) is 1.80. The molecule has 6 rings (SSSR count). The van der Waals surface area contributed by atoms with Crippen molar-refractivity contribution >= 4 is 33.4 Å². The Balaban J connectivity index is 1.32. The number of hydrogen-bond acceptors (Lipinski definition) is 5. The molecule has 0 saturated carbocycles. The Labute approximate surface area is 210 Å². The zero-order valence-corrected chi connectivity index (χ0v) is 20.6. The Morgan fingerprint density at radius 1 is 0.686 bits per heavy atom. The number of nitrogens with zero attached hydrogens (tertiary/aromatic N) is 5. The van der Waals surface area contributed by atoms with Gasteiger partial charge in [0.25, 0.3) is 0 Å². The van der Waals surface area contributed by atoms with Crippen molar-refractivity contribution in [2.75, 3.05) is 13.1 Å². The lowest BCUT2D eigenvalue weighted by Crippen LogP contribution is -2.30. The quantitative estimate of drug-likeness (QED) is 0.202. The average Bonchev–Trinajstić information content (AvgIpc) is 3.29. The summed E-state index contributed by atoms with van der Waals surface area (Å²) in [6.07, 6.45) is 3.88. The first-order chi connectivity index (χ1) is 17.3. The lowest BCUT2D eigenvalue weighted by molar-refractivity contribution is 0.213. The van der Waals surface area contributed by atoms with Crippen LogP contribution in [0, 0.1) is 0 Å². The number of piperidine rings is 1. The molecule has 1 aliphatic heterocycles. The normalized spacial score (nSPS) is 14.6. The summed E-state index contributed by atoms with van der Waals surface area (Å²) < 4.78 is 2.30. The molecule has 0 amide bonds. The Bertz CT molecular complexity index is 1440. The van der Waals surface area contributed by atoms with Gasteiger partial charge in [0.1, 0.15) is 5.82 Å². The second-order valence-electron chi connectivity index (χ2n) is 9.22. The lowest BCUT2D eigenvalue weighted by atomic mass is 10.0. The molecule has 2 aromatic heterocycles. The molecule has 3 heterocycles. The van der Waals surface area contributed by atoms with Gasteiger partial charge in [-0.3, -0.25) is 9.88 Å². The van der Waals surface area contributed by atoms with Gasteiger partial charge in [-0.2, -0.15) is 0 Å². The minimum absolute atomic E-state index is 0.752. The molecule has 176 valence electrons. The summed E-state index contributed by atoms with van der Waals surface area (Å²) in [6.45, 7) is 3.93. The zero-order chi connectivity index (χ0) is 23.5. The van der Waals surface area contributed by atoms with Gasteiger partial charge in [0.05, 0.1) is 24.3 Å². The monoisotopic (exact) mass is 479 g/mol. The second kappa shape index (κ2) is 10.2. The highest BCUT2D eigenvalue weighted by Gasteiger charge is 2.19. The minimum atomic E-state index is 0.752. The van der Waals surface area contributed by atoms with E-state index in [9.17, 15) is 0 Å². The van der Waals surface area contributed by atoms with Gasteiger partial charge in [-0.15, -0.1) is 10.2 Å². The van der Waals surface area contributed by atoms with Crippen molar-refractivity contribution in [3.63, 3.8) is 0 Å². The molecule has 0 radical (unpaired) electrons. The fraction of sp³-hybridized carbons (Fsp3) is 0.276. The van der Waals surface area contributed by atoms with E-state index in [1.54, 1.807) is 11.8 Å². The number of hydrogen-bond donors (Lipinski definition) is 0. The van der Waals surface area contributed by atoms with Gasteiger partial charge in [0.2, 0.25) is 0 Å². The van der Waals surface area contributed by atoms with Gasteiger partial charge >= 0.3 is 0 Å². The molecule has 35 heavy (non-hydrogen) atoms. The van der Waals surface area contributed by atoms with Crippen LogP contribution in [0.15, 0.2) is 84.0 Å². The predicted octanol–water partition coefficient (Wildman–Crippen LogP) is 6.31. The van der Waals surface area contributed by atoms with E-state index in [4.69, 9.17) is 4.98 Å². The van der Waals surface area contributed by atoms with E-state index in [0.29, 0.717) is 0 Å². The third kappa shape index (κ3) is 4.81. The van der Waals surface area contributed by atoms with E-state index in [1.807, 2.05) is 0 Å². The molecule has 0 aliphatic carbocycles. The number of benzene rings is 3. The van der Waals surface area contributed by atoms with E-state index in [1.165, 1.54) is 41.0 Å². The summed E-state index contributed by atoms with van der Waals surface area (Å²) in [7, 11) is 0. The molecule has 1 fully saturated rings. The van der Waals surface area contributed by atoms with Crippen molar-refractivity contribution in [1.29, 1.82) is 0 Å². The van der Waals surface area contributed by atoms with Gasteiger partial charge in [0, 0.05) is 16.5 Å². The number of fused-ring (bicyclic) bond motifs is 3. The first kappa shape index (κ1) is 22.3. The first-order valence-electron chi connectivity index (χ1n) is 12.4. The SMILES string of the molecule is c1ccc(Cn2c(CN3CCCCC3)nnc2SCc2nc3ccccc3c3ccccc23)cc1. The van der Waals surface area contributed by atoms with Gasteiger partial charge in [-0.1, -0.05) is 91.0 Å². The molecule has 0 unspecified atom stereocenters. The molecule has 0 N–H and O–H groups in total. The van der Waals surface area contributed by atoms with Gasteiger partial charge in [-0.25, -0.2) is 0 Å².